The number of hydrogen-bond acceptors (Lipinski definition) is 4. The van der Waals surface area contributed by atoms with Gasteiger partial charge >= 0.3 is 0 Å². The van der Waals surface area contributed by atoms with Crippen LogP contribution < -0.4 is 5.32 Å². The maximum absolute atomic E-state index is 5.17. The first-order chi connectivity index (χ1) is 13.7. The lowest BCUT2D eigenvalue weighted by Gasteiger charge is -2.36. The van der Waals surface area contributed by atoms with Gasteiger partial charge in [-0.15, -0.1) is 24.0 Å². The molecule has 1 aliphatic rings. The van der Waals surface area contributed by atoms with Crippen molar-refractivity contribution in [1.82, 2.24) is 20.3 Å². The van der Waals surface area contributed by atoms with Crippen molar-refractivity contribution in [3.05, 3.63) is 65.5 Å². The summed E-state index contributed by atoms with van der Waals surface area (Å²) < 4.78 is 5.17. The van der Waals surface area contributed by atoms with Gasteiger partial charge in [-0.1, -0.05) is 47.6 Å². The minimum Gasteiger partial charge on any atom is -0.361 e. The number of hydrogen-bond donors (Lipinski definition) is 1. The molecule has 1 aliphatic heterocycles. The van der Waals surface area contributed by atoms with E-state index in [1.165, 1.54) is 16.3 Å². The molecule has 0 amide bonds. The van der Waals surface area contributed by atoms with Crippen LogP contribution in [-0.2, 0) is 13.1 Å². The Morgan fingerprint density at radius 1 is 1.10 bits per heavy atom. The van der Waals surface area contributed by atoms with E-state index in [0.29, 0.717) is 0 Å². The lowest BCUT2D eigenvalue weighted by atomic mass is 10.0. The van der Waals surface area contributed by atoms with Crippen molar-refractivity contribution in [2.45, 2.75) is 20.0 Å². The third-order valence-corrected chi connectivity index (χ3v) is 5.26. The van der Waals surface area contributed by atoms with Crippen molar-refractivity contribution in [3.8, 4) is 0 Å². The SMILES string of the molecule is CN=C(NCc1cccc2ccccc12)N1CCN(Cc2cc(C)on2)CC1.I. The zero-order chi connectivity index (χ0) is 19.3. The Balaban J connectivity index is 0.00000240. The molecule has 7 heteroatoms. The van der Waals surface area contributed by atoms with Gasteiger partial charge in [0, 0.05) is 52.4 Å². The van der Waals surface area contributed by atoms with E-state index >= 15 is 0 Å². The summed E-state index contributed by atoms with van der Waals surface area (Å²) in [5, 5.41) is 10.2. The van der Waals surface area contributed by atoms with E-state index in [9.17, 15) is 0 Å². The molecular weight excluding hydrogens is 477 g/mol. The number of aliphatic imine (C=N–C) groups is 1. The Bertz CT molecular complexity index is 957. The summed E-state index contributed by atoms with van der Waals surface area (Å²) in [6.45, 7) is 7.42. The van der Waals surface area contributed by atoms with E-state index in [2.05, 4.69) is 67.7 Å². The fourth-order valence-electron chi connectivity index (χ4n) is 3.79. The van der Waals surface area contributed by atoms with Crippen molar-refractivity contribution < 1.29 is 4.52 Å². The maximum atomic E-state index is 5.17. The van der Waals surface area contributed by atoms with Gasteiger partial charge in [0.25, 0.3) is 0 Å². The third kappa shape index (κ3) is 5.27. The van der Waals surface area contributed by atoms with Gasteiger partial charge < -0.3 is 14.7 Å². The van der Waals surface area contributed by atoms with Crippen molar-refractivity contribution >= 4 is 40.7 Å². The van der Waals surface area contributed by atoms with Gasteiger partial charge in [-0.05, 0) is 23.3 Å². The van der Waals surface area contributed by atoms with Crippen LogP contribution in [0.2, 0.25) is 0 Å². The molecule has 4 rings (SSSR count). The van der Waals surface area contributed by atoms with Gasteiger partial charge in [-0.2, -0.15) is 0 Å². The number of guanidine groups is 1. The Morgan fingerprint density at radius 2 is 1.86 bits per heavy atom. The zero-order valence-corrected chi connectivity index (χ0v) is 19.3. The van der Waals surface area contributed by atoms with E-state index in [1.54, 1.807) is 0 Å². The third-order valence-electron chi connectivity index (χ3n) is 5.26. The van der Waals surface area contributed by atoms with Gasteiger partial charge in [0.1, 0.15) is 5.76 Å². The molecule has 3 aromatic rings. The summed E-state index contributed by atoms with van der Waals surface area (Å²) in [4.78, 5) is 9.24. The molecule has 0 bridgehead atoms. The molecule has 0 radical (unpaired) electrons. The van der Waals surface area contributed by atoms with Gasteiger partial charge in [-0.3, -0.25) is 9.89 Å². The highest BCUT2D eigenvalue weighted by atomic mass is 127. The molecule has 154 valence electrons. The van der Waals surface area contributed by atoms with Crippen LogP contribution in [0.4, 0.5) is 0 Å². The smallest absolute Gasteiger partial charge is 0.194 e. The van der Waals surface area contributed by atoms with Crippen LogP contribution in [0.15, 0.2) is 58.0 Å². The number of aryl methyl sites for hydroxylation is 1. The second-order valence-corrected chi connectivity index (χ2v) is 7.23. The van der Waals surface area contributed by atoms with Crippen LogP contribution in [0.1, 0.15) is 17.0 Å². The molecule has 1 saturated heterocycles. The van der Waals surface area contributed by atoms with Crippen molar-refractivity contribution in [3.63, 3.8) is 0 Å². The summed E-state index contributed by atoms with van der Waals surface area (Å²) in [6, 6.07) is 17.0. The van der Waals surface area contributed by atoms with Crippen LogP contribution in [0, 0.1) is 6.92 Å². The van der Waals surface area contributed by atoms with Crippen LogP contribution in [-0.4, -0.2) is 54.1 Å². The zero-order valence-electron chi connectivity index (χ0n) is 17.0. The minimum absolute atomic E-state index is 0. The second-order valence-electron chi connectivity index (χ2n) is 7.23. The van der Waals surface area contributed by atoms with Crippen molar-refractivity contribution in [1.29, 1.82) is 0 Å². The Labute approximate surface area is 189 Å². The first kappa shape index (κ1) is 21.6. The Morgan fingerprint density at radius 3 is 2.59 bits per heavy atom. The fourth-order valence-corrected chi connectivity index (χ4v) is 3.79. The summed E-state index contributed by atoms with van der Waals surface area (Å²) >= 11 is 0. The van der Waals surface area contributed by atoms with E-state index in [1.807, 2.05) is 20.0 Å². The molecular formula is C22H28IN5O. The molecule has 1 fully saturated rings. The molecule has 0 unspecified atom stereocenters. The van der Waals surface area contributed by atoms with E-state index in [4.69, 9.17) is 4.52 Å². The van der Waals surface area contributed by atoms with E-state index < -0.39 is 0 Å². The summed E-state index contributed by atoms with van der Waals surface area (Å²) in [7, 11) is 1.86. The number of halogens is 1. The van der Waals surface area contributed by atoms with Gasteiger partial charge in [0.05, 0.1) is 5.69 Å². The number of benzene rings is 2. The maximum Gasteiger partial charge on any atom is 0.194 e. The number of rotatable bonds is 4. The highest BCUT2D eigenvalue weighted by Gasteiger charge is 2.20. The molecule has 0 saturated carbocycles. The van der Waals surface area contributed by atoms with Gasteiger partial charge in [-0.25, -0.2) is 0 Å². The molecule has 1 aromatic heterocycles. The molecule has 2 aromatic carbocycles. The molecule has 29 heavy (non-hydrogen) atoms. The standard InChI is InChI=1S/C22H27N5O.HI/c1-17-14-20(25-28-17)16-26-10-12-27(13-11-26)22(23-2)24-15-19-8-5-7-18-6-3-4-9-21(18)19;/h3-9,14H,10-13,15-16H2,1-2H3,(H,23,24);1H. The lowest BCUT2D eigenvalue weighted by molar-refractivity contribution is 0.169. The predicted molar refractivity (Wildman–Crippen MR) is 128 cm³/mol. The van der Waals surface area contributed by atoms with E-state index in [-0.39, 0.29) is 24.0 Å². The molecule has 6 nitrogen and oxygen atoms in total. The molecule has 0 aliphatic carbocycles. The van der Waals surface area contributed by atoms with Crippen LogP contribution in [0.3, 0.4) is 0 Å². The minimum atomic E-state index is 0. The van der Waals surface area contributed by atoms with Gasteiger partial charge in [0.2, 0.25) is 0 Å². The monoisotopic (exact) mass is 505 g/mol. The van der Waals surface area contributed by atoms with Crippen LogP contribution in [0.5, 0.6) is 0 Å². The highest BCUT2D eigenvalue weighted by Crippen LogP contribution is 2.18. The summed E-state index contributed by atoms with van der Waals surface area (Å²) in [6.07, 6.45) is 0. The average Bonchev–Trinajstić information content (AvgIpc) is 3.14. The van der Waals surface area contributed by atoms with Gasteiger partial charge in [0.15, 0.2) is 5.96 Å². The molecule has 2 heterocycles. The lowest BCUT2D eigenvalue weighted by Crippen LogP contribution is -2.52. The summed E-state index contributed by atoms with van der Waals surface area (Å²) in [5.74, 6) is 1.83. The fraction of sp³-hybridized carbons (Fsp3) is 0.364. The predicted octanol–water partition coefficient (Wildman–Crippen LogP) is 3.65. The quantitative estimate of drug-likeness (QED) is 0.334. The second kappa shape index (κ2) is 10.1. The molecule has 0 atom stereocenters. The van der Waals surface area contributed by atoms with E-state index in [0.717, 1.165) is 56.7 Å². The highest BCUT2D eigenvalue weighted by molar-refractivity contribution is 14.0. The average molecular weight is 505 g/mol. The summed E-state index contributed by atoms with van der Waals surface area (Å²) in [5.41, 5.74) is 2.30. The number of piperazine rings is 1. The van der Waals surface area contributed by atoms with Crippen molar-refractivity contribution in [2.24, 2.45) is 4.99 Å². The van der Waals surface area contributed by atoms with Crippen LogP contribution >= 0.6 is 24.0 Å². The Hall–Kier alpha value is -2.13. The Kier molecular flexibility index (Phi) is 7.49. The molecule has 1 N–H and O–H groups in total. The first-order valence-corrected chi connectivity index (χ1v) is 9.80. The molecule has 0 spiro atoms. The van der Waals surface area contributed by atoms with Crippen LogP contribution in [0.25, 0.3) is 10.8 Å². The number of nitrogens with zero attached hydrogens (tertiary/aromatic N) is 4. The number of nitrogens with one attached hydrogen (secondary N) is 1. The van der Waals surface area contributed by atoms with Crippen molar-refractivity contribution in [2.75, 3.05) is 33.2 Å². The topological polar surface area (TPSA) is 56.9 Å². The number of aromatic nitrogens is 1. The number of fused-ring (bicyclic) bond motifs is 1. The normalized spacial score (nSPS) is 15.4. The largest absolute Gasteiger partial charge is 0.361 e. The first-order valence-electron chi connectivity index (χ1n) is 9.80.